The Balaban J connectivity index is 2.22. The number of hydrogen-bond acceptors (Lipinski definition) is 4. The topological polar surface area (TPSA) is 44.8 Å². The van der Waals surface area contributed by atoms with E-state index in [1.807, 2.05) is 31.2 Å². The van der Waals surface area contributed by atoms with Gasteiger partial charge in [0.25, 0.3) is 0 Å². The number of cyclic esters (lactones) is 1. The van der Waals surface area contributed by atoms with Gasteiger partial charge in [0.2, 0.25) is 0 Å². The summed E-state index contributed by atoms with van der Waals surface area (Å²) in [4.78, 5) is 11.3. The molecule has 1 aromatic rings. The minimum absolute atomic E-state index is 0.149. The molecule has 92 valence electrons. The Morgan fingerprint density at radius 3 is 2.82 bits per heavy atom. The van der Waals surface area contributed by atoms with E-state index >= 15 is 0 Å². The van der Waals surface area contributed by atoms with E-state index in [-0.39, 0.29) is 24.8 Å². The highest BCUT2D eigenvalue weighted by Gasteiger charge is 2.34. The van der Waals surface area contributed by atoms with Gasteiger partial charge in [-0.3, -0.25) is 4.79 Å². The first kappa shape index (κ1) is 11.9. The van der Waals surface area contributed by atoms with Gasteiger partial charge < -0.3 is 14.2 Å². The molecule has 0 amide bonds. The Labute approximate surface area is 100 Å². The highest BCUT2D eigenvalue weighted by molar-refractivity contribution is 5.72. The molecule has 4 nitrogen and oxygen atoms in total. The van der Waals surface area contributed by atoms with Crippen LogP contribution in [0, 0.1) is 5.92 Å². The van der Waals surface area contributed by atoms with Crippen molar-refractivity contribution in [2.75, 3.05) is 13.9 Å². The zero-order chi connectivity index (χ0) is 12.3. The molecule has 2 rings (SSSR count). The van der Waals surface area contributed by atoms with Gasteiger partial charge >= 0.3 is 5.97 Å². The van der Waals surface area contributed by atoms with Gasteiger partial charge in [0, 0.05) is 18.6 Å². The number of carbonyl (C=O) groups excluding carboxylic acids is 1. The molecule has 0 aliphatic carbocycles. The van der Waals surface area contributed by atoms with Crippen molar-refractivity contribution in [3.05, 3.63) is 29.8 Å². The SMILES string of the molecule is COCOc1ccccc1[C@@H]1OC(=O)C[C@@H]1C. The lowest BCUT2D eigenvalue weighted by Gasteiger charge is -2.18. The Morgan fingerprint density at radius 2 is 2.18 bits per heavy atom. The average molecular weight is 236 g/mol. The number of ether oxygens (including phenoxy) is 3. The van der Waals surface area contributed by atoms with Crippen LogP contribution in [-0.2, 0) is 14.3 Å². The van der Waals surface area contributed by atoms with Crippen LogP contribution in [0.1, 0.15) is 25.0 Å². The summed E-state index contributed by atoms with van der Waals surface area (Å²) in [5, 5.41) is 0. The van der Waals surface area contributed by atoms with Crippen LogP contribution in [0.4, 0.5) is 0 Å². The van der Waals surface area contributed by atoms with Crippen LogP contribution in [-0.4, -0.2) is 19.9 Å². The van der Waals surface area contributed by atoms with Crippen molar-refractivity contribution in [3.63, 3.8) is 0 Å². The highest BCUT2D eigenvalue weighted by Crippen LogP contribution is 2.39. The summed E-state index contributed by atoms with van der Waals surface area (Å²) < 4.78 is 15.7. The van der Waals surface area contributed by atoms with E-state index < -0.39 is 0 Å². The first-order valence-corrected chi connectivity index (χ1v) is 5.62. The van der Waals surface area contributed by atoms with Crippen molar-refractivity contribution in [2.24, 2.45) is 5.92 Å². The van der Waals surface area contributed by atoms with Crippen LogP contribution >= 0.6 is 0 Å². The molecule has 1 aliphatic rings. The monoisotopic (exact) mass is 236 g/mol. The molecule has 0 spiro atoms. The molecule has 17 heavy (non-hydrogen) atoms. The quantitative estimate of drug-likeness (QED) is 0.594. The average Bonchev–Trinajstić information content (AvgIpc) is 2.66. The molecular formula is C13H16O4. The molecule has 1 saturated heterocycles. The van der Waals surface area contributed by atoms with Gasteiger partial charge in [0.1, 0.15) is 11.9 Å². The van der Waals surface area contributed by atoms with E-state index in [0.29, 0.717) is 12.2 Å². The predicted molar refractivity (Wildman–Crippen MR) is 61.6 cm³/mol. The molecule has 1 aromatic carbocycles. The summed E-state index contributed by atoms with van der Waals surface area (Å²) in [5.74, 6) is 0.736. The number of carbonyl (C=O) groups is 1. The predicted octanol–water partition coefficient (Wildman–Crippen LogP) is 2.29. The third kappa shape index (κ3) is 2.58. The lowest BCUT2D eigenvalue weighted by atomic mass is 9.96. The summed E-state index contributed by atoms with van der Waals surface area (Å²) >= 11 is 0. The summed E-state index contributed by atoms with van der Waals surface area (Å²) in [6.07, 6.45) is 0.249. The molecule has 1 fully saturated rings. The fraction of sp³-hybridized carbons (Fsp3) is 0.462. The number of esters is 1. The fourth-order valence-electron chi connectivity index (χ4n) is 2.02. The summed E-state index contributed by atoms with van der Waals surface area (Å²) in [6.45, 7) is 2.19. The molecule has 0 aromatic heterocycles. The van der Waals surface area contributed by atoms with Crippen molar-refractivity contribution in [2.45, 2.75) is 19.4 Å². The molecule has 1 heterocycles. The maximum atomic E-state index is 11.3. The minimum atomic E-state index is -0.212. The van der Waals surface area contributed by atoms with Crippen LogP contribution < -0.4 is 4.74 Å². The molecule has 0 N–H and O–H groups in total. The van der Waals surface area contributed by atoms with Gasteiger partial charge in [-0.2, -0.15) is 0 Å². The molecule has 0 radical (unpaired) electrons. The van der Waals surface area contributed by atoms with E-state index in [0.717, 1.165) is 5.56 Å². The van der Waals surface area contributed by atoms with Gasteiger partial charge in [0.15, 0.2) is 6.79 Å². The van der Waals surface area contributed by atoms with Gasteiger partial charge in [0.05, 0.1) is 6.42 Å². The Hall–Kier alpha value is -1.55. The second-order valence-corrected chi connectivity index (χ2v) is 4.18. The molecular weight excluding hydrogens is 220 g/mol. The molecule has 0 unspecified atom stereocenters. The zero-order valence-electron chi connectivity index (χ0n) is 10.0. The number of benzene rings is 1. The molecule has 1 aliphatic heterocycles. The lowest BCUT2D eigenvalue weighted by Crippen LogP contribution is -2.08. The summed E-state index contributed by atoms with van der Waals surface area (Å²) in [6, 6.07) is 7.57. The van der Waals surface area contributed by atoms with E-state index in [1.54, 1.807) is 7.11 Å². The number of hydrogen-bond donors (Lipinski definition) is 0. The van der Waals surface area contributed by atoms with Crippen LogP contribution in [0.3, 0.4) is 0 Å². The van der Waals surface area contributed by atoms with E-state index in [2.05, 4.69) is 0 Å². The van der Waals surface area contributed by atoms with Gasteiger partial charge in [-0.25, -0.2) is 0 Å². The Bertz CT molecular complexity index is 402. The Kier molecular flexibility index (Phi) is 3.64. The van der Waals surface area contributed by atoms with Gasteiger partial charge in [-0.05, 0) is 6.07 Å². The number of methoxy groups -OCH3 is 1. The second kappa shape index (κ2) is 5.19. The van der Waals surface area contributed by atoms with Gasteiger partial charge in [-0.1, -0.05) is 25.1 Å². The van der Waals surface area contributed by atoms with E-state index in [9.17, 15) is 4.79 Å². The van der Waals surface area contributed by atoms with Crippen LogP contribution in [0.15, 0.2) is 24.3 Å². The van der Waals surface area contributed by atoms with Crippen molar-refractivity contribution in [1.82, 2.24) is 0 Å². The Morgan fingerprint density at radius 1 is 1.41 bits per heavy atom. The molecule has 2 atom stereocenters. The second-order valence-electron chi connectivity index (χ2n) is 4.18. The number of rotatable bonds is 4. The summed E-state index contributed by atoms with van der Waals surface area (Å²) in [5.41, 5.74) is 0.905. The van der Waals surface area contributed by atoms with Crippen LogP contribution in [0.2, 0.25) is 0 Å². The largest absolute Gasteiger partial charge is 0.467 e. The normalized spacial score (nSPS) is 23.5. The lowest BCUT2D eigenvalue weighted by molar-refractivity contribution is -0.141. The first-order chi connectivity index (χ1) is 8.22. The molecule has 0 saturated carbocycles. The van der Waals surface area contributed by atoms with E-state index in [1.165, 1.54) is 0 Å². The maximum Gasteiger partial charge on any atom is 0.306 e. The van der Waals surface area contributed by atoms with E-state index in [4.69, 9.17) is 14.2 Å². The van der Waals surface area contributed by atoms with Crippen molar-refractivity contribution >= 4 is 5.97 Å². The first-order valence-electron chi connectivity index (χ1n) is 5.62. The fourth-order valence-corrected chi connectivity index (χ4v) is 2.02. The zero-order valence-corrected chi connectivity index (χ0v) is 10.0. The van der Waals surface area contributed by atoms with Crippen molar-refractivity contribution < 1.29 is 19.0 Å². The third-order valence-corrected chi connectivity index (χ3v) is 2.82. The molecule has 0 bridgehead atoms. The molecule has 4 heteroatoms. The van der Waals surface area contributed by atoms with Crippen molar-refractivity contribution in [1.29, 1.82) is 0 Å². The van der Waals surface area contributed by atoms with Crippen molar-refractivity contribution in [3.8, 4) is 5.75 Å². The maximum absolute atomic E-state index is 11.3. The highest BCUT2D eigenvalue weighted by atomic mass is 16.7. The minimum Gasteiger partial charge on any atom is -0.467 e. The number of para-hydroxylation sites is 1. The standard InChI is InChI=1S/C13H16O4/c1-9-7-12(14)17-13(9)10-5-3-4-6-11(10)16-8-15-2/h3-6,9,13H,7-8H2,1-2H3/t9-,13+/m0/s1. The van der Waals surface area contributed by atoms with Crippen LogP contribution in [0.5, 0.6) is 5.75 Å². The van der Waals surface area contributed by atoms with Crippen LogP contribution in [0.25, 0.3) is 0 Å². The van der Waals surface area contributed by atoms with Gasteiger partial charge in [-0.15, -0.1) is 0 Å². The third-order valence-electron chi connectivity index (χ3n) is 2.82. The smallest absolute Gasteiger partial charge is 0.306 e. The summed E-state index contributed by atoms with van der Waals surface area (Å²) in [7, 11) is 1.57.